The third-order valence-corrected chi connectivity index (χ3v) is 4.46. The predicted molar refractivity (Wildman–Crippen MR) is 101 cm³/mol. The summed E-state index contributed by atoms with van der Waals surface area (Å²) in [7, 11) is 2.20. The summed E-state index contributed by atoms with van der Waals surface area (Å²) >= 11 is 1.71. The van der Waals surface area contributed by atoms with Crippen LogP contribution in [0.4, 0.5) is 0 Å². The van der Waals surface area contributed by atoms with Crippen molar-refractivity contribution >= 4 is 41.3 Å². The quantitative estimate of drug-likeness (QED) is 0.433. The van der Waals surface area contributed by atoms with Crippen molar-refractivity contribution in [2.75, 3.05) is 26.7 Å². The Balaban J connectivity index is 0.00000220. The summed E-state index contributed by atoms with van der Waals surface area (Å²) in [5, 5.41) is 7.81. The molecule has 0 bridgehead atoms. The van der Waals surface area contributed by atoms with Gasteiger partial charge in [-0.1, -0.05) is 0 Å². The van der Waals surface area contributed by atoms with Crippen LogP contribution in [0.3, 0.4) is 0 Å². The molecule has 7 heteroatoms. The third-order valence-electron chi connectivity index (χ3n) is 3.56. The number of rotatable bonds is 5. The molecule has 0 spiro atoms. The van der Waals surface area contributed by atoms with E-state index >= 15 is 0 Å². The third kappa shape index (κ3) is 6.07. The summed E-state index contributed by atoms with van der Waals surface area (Å²) in [4.78, 5) is 12.6. The number of aryl methyl sites for hydroxylation is 1. The lowest BCUT2D eigenvalue weighted by atomic mass is 10.2. The Bertz CT molecular complexity index is 448. The Morgan fingerprint density at radius 3 is 2.90 bits per heavy atom. The van der Waals surface area contributed by atoms with Crippen molar-refractivity contribution in [1.82, 2.24) is 20.5 Å². The van der Waals surface area contributed by atoms with Crippen LogP contribution in [0.15, 0.2) is 11.2 Å². The maximum atomic E-state index is 4.61. The van der Waals surface area contributed by atoms with Crippen LogP contribution in [-0.4, -0.2) is 48.6 Å². The number of aliphatic imine (C=N–C) groups is 1. The van der Waals surface area contributed by atoms with Crippen LogP contribution in [0.5, 0.6) is 0 Å². The minimum Gasteiger partial charge on any atom is -0.357 e. The van der Waals surface area contributed by atoms with Crippen LogP contribution < -0.4 is 10.6 Å². The van der Waals surface area contributed by atoms with Crippen molar-refractivity contribution in [2.45, 2.75) is 39.3 Å². The minimum absolute atomic E-state index is 0. The fourth-order valence-electron chi connectivity index (χ4n) is 2.41. The van der Waals surface area contributed by atoms with Gasteiger partial charge >= 0.3 is 0 Å². The van der Waals surface area contributed by atoms with Gasteiger partial charge in [0.05, 0.1) is 6.54 Å². The number of thiazole rings is 1. The Labute approximate surface area is 148 Å². The molecule has 1 fully saturated rings. The van der Waals surface area contributed by atoms with Crippen LogP contribution in [0.2, 0.25) is 0 Å². The van der Waals surface area contributed by atoms with Gasteiger partial charge in [-0.15, -0.1) is 35.3 Å². The van der Waals surface area contributed by atoms with Gasteiger partial charge in [-0.2, -0.15) is 0 Å². The van der Waals surface area contributed by atoms with E-state index in [1.807, 2.05) is 6.20 Å². The molecule has 0 aliphatic carbocycles. The zero-order valence-corrected chi connectivity index (χ0v) is 16.2. The number of likely N-dealkylation sites (tertiary alicyclic amines) is 1. The van der Waals surface area contributed by atoms with E-state index in [4.69, 9.17) is 0 Å². The lowest BCUT2D eigenvalue weighted by Gasteiger charge is -2.21. The molecule has 1 aliphatic rings. The molecule has 1 atom stereocenters. The highest BCUT2D eigenvalue weighted by molar-refractivity contribution is 14.0. The predicted octanol–water partition coefficient (Wildman–Crippen LogP) is 2.22. The molecule has 0 amide bonds. The number of halogens is 1. The van der Waals surface area contributed by atoms with Gasteiger partial charge < -0.3 is 15.5 Å². The number of hydrogen-bond acceptors (Lipinski definition) is 4. The molecule has 5 nitrogen and oxygen atoms in total. The van der Waals surface area contributed by atoms with Gasteiger partial charge in [0.15, 0.2) is 5.96 Å². The summed E-state index contributed by atoms with van der Waals surface area (Å²) in [5.74, 6) is 0.889. The van der Waals surface area contributed by atoms with Crippen molar-refractivity contribution in [1.29, 1.82) is 0 Å². The second-order valence-electron chi connectivity index (χ2n) is 5.22. The van der Waals surface area contributed by atoms with E-state index in [1.165, 1.54) is 24.3 Å². The summed E-state index contributed by atoms with van der Waals surface area (Å²) in [6.45, 7) is 7.85. The fraction of sp³-hybridized carbons (Fsp3) is 0.714. The van der Waals surface area contributed by atoms with Crippen LogP contribution in [-0.2, 0) is 6.54 Å². The molecule has 1 aliphatic heterocycles. The molecule has 1 saturated heterocycles. The first-order chi connectivity index (χ1) is 9.69. The van der Waals surface area contributed by atoms with E-state index in [1.54, 1.807) is 11.3 Å². The molecule has 0 saturated carbocycles. The molecular formula is C14H26IN5S. The van der Waals surface area contributed by atoms with Crippen LogP contribution in [0.25, 0.3) is 0 Å². The highest BCUT2D eigenvalue weighted by atomic mass is 127. The van der Waals surface area contributed by atoms with E-state index in [9.17, 15) is 0 Å². The largest absolute Gasteiger partial charge is 0.357 e. The molecule has 0 aromatic carbocycles. The molecule has 1 unspecified atom stereocenters. The number of hydrogen-bond donors (Lipinski definition) is 2. The Hall–Kier alpha value is -0.410. The highest BCUT2D eigenvalue weighted by Gasteiger charge is 2.20. The first-order valence-corrected chi connectivity index (χ1v) is 8.14. The lowest BCUT2D eigenvalue weighted by Crippen LogP contribution is -2.44. The SMILES string of the molecule is CCNC(=NCc1ncc(C)s1)NCC1CCCN1C.I. The molecule has 2 rings (SSSR count). The first kappa shape index (κ1) is 18.6. The zero-order chi connectivity index (χ0) is 14.4. The van der Waals surface area contributed by atoms with Gasteiger partial charge in [-0.3, -0.25) is 0 Å². The van der Waals surface area contributed by atoms with E-state index < -0.39 is 0 Å². The van der Waals surface area contributed by atoms with E-state index in [-0.39, 0.29) is 24.0 Å². The molecule has 1 aromatic heterocycles. The van der Waals surface area contributed by atoms with Gasteiger partial charge in [0.25, 0.3) is 0 Å². The van der Waals surface area contributed by atoms with Crippen molar-refractivity contribution in [3.8, 4) is 0 Å². The maximum absolute atomic E-state index is 4.61. The molecule has 1 aromatic rings. The van der Waals surface area contributed by atoms with Gasteiger partial charge in [0.1, 0.15) is 5.01 Å². The number of likely N-dealkylation sites (N-methyl/N-ethyl adjacent to an activating group) is 1. The van der Waals surface area contributed by atoms with Gasteiger partial charge in [-0.05, 0) is 40.3 Å². The van der Waals surface area contributed by atoms with Crippen LogP contribution >= 0.6 is 35.3 Å². The van der Waals surface area contributed by atoms with E-state index in [2.05, 4.69) is 46.4 Å². The van der Waals surface area contributed by atoms with Crippen molar-refractivity contribution in [3.63, 3.8) is 0 Å². The van der Waals surface area contributed by atoms with Gasteiger partial charge in [0, 0.05) is 30.2 Å². The summed E-state index contributed by atoms with van der Waals surface area (Å²) in [6, 6.07) is 0.626. The van der Waals surface area contributed by atoms with Crippen LogP contribution in [0.1, 0.15) is 29.7 Å². The van der Waals surface area contributed by atoms with Gasteiger partial charge in [0.2, 0.25) is 0 Å². The molecule has 0 radical (unpaired) electrons. The normalized spacial score (nSPS) is 19.4. The van der Waals surface area contributed by atoms with E-state index in [0.29, 0.717) is 12.6 Å². The average molecular weight is 423 g/mol. The smallest absolute Gasteiger partial charge is 0.191 e. The van der Waals surface area contributed by atoms with E-state index in [0.717, 1.165) is 24.1 Å². The zero-order valence-electron chi connectivity index (χ0n) is 13.1. The van der Waals surface area contributed by atoms with Crippen molar-refractivity contribution < 1.29 is 0 Å². The van der Waals surface area contributed by atoms with Crippen molar-refractivity contribution in [2.24, 2.45) is 4.99 Å². The number of guanidine groups is 1. The fourth-order valence-corrected chi connectivity index (χ4v) is 3.13. The Kier molecular flexibility index (Phi) is 8.50. The lowest BCUT2D eigenvalue weighted by molar-refractivity contribution is 0.309. The monoisotopic (exact) mass is 423 g/mol. The van der Waals surface area contributed by atoms with Crippen LogP contribution in [0, 0.1) is 6.92 Å². The summed E-state index contributed by atoms with van der Waals surface area (Å²) < 4.78 is 0. The molecule has 2 heterocycles. The first-order valence-electron chi connectivity index (χ1n) is 7.32. The molecule has 120 valence electrons. The summed E-state index contributed by atoms with van der Waals surface area (Å²) in [6.07, 6.45) is 4.48. The topological polar surface area (TPSA) is 52.6 Å². The minimum atomic E-state index is 0. The Morgan fingerprint density at radius 1 is 1.52 bits per heavy atom. The van der Waals surface area contributed by atoms with Gasteiger partial charge in [-0.25, -0.2) is 9.98 Å². The molecule has 2 N–H and O–H groups in total. The molecular weight excluding hydrogens is 397 g/mol. The maximum Gasteiger partial charge on any atom is 0.191 e. The molecule has 21 heavy (non-hydrogen) atoms. The number of nitrogens with zero attached hydrogens (tertiary/aromatic N) is 3. The Morgan fingerprint density at radius 2 is 2.33 bits per heavy atom. The second kappa shape index (κ2) is 9.58. The van der Waals surface area contributed by atoms with Crippen molar-refractivity contribution in [3.05, 3.63) is 16.1 Å². The highest BCUT2D eigenvalue weighted by Crippen LogP contribution is 2.14. The summed E-state index contributed by atoms with van der Waals surface area (Å²) in [5.41, 5.74) is 0. The number of nitrogens with one attached hydrogen (secondary N) is 2. The second-order valence-corrected chi connectivity index (χ2v) is 6.54. The standard InChI is InChI=1S/C14H25N5S.HI/c1-4-15-14(17-9-12-6-5-7-19(12)3)18-10-13-16-8-11(2)20-13;/h8,12H,4-7,9-10H2,1-3H3,(H2,15,17,18);1H. The number of aromatic nitrogens is 1. The average Bonchev–Trinajstić information content (AvgIpc) is 3.02.